The van der Waals surface area contributed by atoms with Gasteiger partial charge in [0, 0.05) is 19.0 Å². The lowest BCUT2D eigenvalue weighted by atomic mass is 9.86. The summed E-state index contributed by atoms with van der Waals surface area (Å²) >= 11 is 0. The van der Waals surface area contributed by atoms with Crippen LogP contribution >= 0.6 is 0 Å². The van der Waals surface area contributed by atoms with Crippen LogP contribution < -0.4 is 0 Å². The van der Waals surface area contributed by atoms with Gasteiger partial charge in [-0.3, -0.25) is 4.79 Å². The van der Waals surface area contributed by atoms with E-state index < -0.39 is 5.09 Å². The van der Waals surface area contributed by atoms with E-state index in [0.29, 0.717) is 52.0 Å². The fourth-order valence-corrected chi connectivity index (χ4v) is 2.58. The van der Waals surface area contributed by atoms with Gasteiger partial charge >= 0.3 is 0 Å². The second-order valence-corrected chi connectivity index (χ2v) is 4.74. The summed E-state index contributed by atoms with van der Waals surface area (Å²) in [5.41, 5.74) is 0. The lowest BCUT2D eigenvalue weighted by Gasteiger charge is -2.33. The molecule has 0 aromatic carbocycles. The topological polar surface area (TPSA) is 81.9 Å². The van der Waals surface area contributed by atoms with Crippen molar-refractivity contribution in [1.29, 1.82) is 0 Å². The molecule has 18 heavy (non-hydrogen) atoms. The maximum Gasteiger partial charge on any atom is 0.294 e. The Kier molecular flexibility index (Phi) is 4.35. The SMILES string of the molecule is O=C(C1CCC(O[N+](=O)[O-])CC1)N1CCOCC1. The van der Waals surface area contributed by atoms with Gasteiger partial charge in [-0.1, -0.05) is 0 Å². The lowest BCUT2D eigenvalue weighted by Crippen LogP contribution is -2.44. The van der Waals surface area contributed by atoms with Crippen molar-refractivity contribution in [3.05, 3.63) is 10.1 Å². The molecular weight excluding hydrogens is 240 g/mol. The van der Waals surface area contributed by atoms with Crippen molar-refractivity contribution in [2.45, 2.75) is 31.8 Å². The highest BCUT2D eigenvalue weighted by Crippen LogP contribution is 2.28. The van der Waals surface area contributed by atoms with E-state index in [0.717, 1.165) is 0 Å². The highest BCUT2D eigenvalue weighted by Gasteiger charge is 2.31. The first-order valence-electron chi connectivity index (χ1n) is 6.34. The Balaban J connectivity index is 1.78. The largest absolute Gasteiger partial charge is 0.378 e. The Bertz CT molecular complexity index is 309. The van der Waals surface area contributed by atoms with E-state index in [2.05, 4.69) is 4.84 Å². The van der Waals surface area contributed by atoms with E-state index in [1.807, 2.05) is 4.90 Å². The van der Waals surface area contributed by atoms with Gasteiger partial charge in [-0.25, -0.2) is 0 Å². The Morgan fingerprint density at radius 3 is 2.39 bits per heavy atom. The molecule has 1 saturated heterocycles. The molecule has 0 unspecified atom stereocenters. The van der Waals surface area contributed by atoms with Gasteiger partial charge in [0.15, 0.2) is 0 Å². The Hall–Kier alpha value is -1.37. The molecule has 1 amide bonds. The van der Waals surface area contributed by atoms with Gasteiger partial charge in [-0.15, -0.1) is 10.1 Å². The molecule has 2 fully saturated rings. The molecule has 1 aliphatic heterocycles. The zero-order chi connectivity index (χ0) is 13.0. The molecule has 0 bridgehead atoms. The number of morpholine rings is 1. The van der Waals surface area contributed by atoms with Crippen LogP contribution in [0.25, 0.3) is 0 Å². The van der Waals surface area contributed by atoms with Crippen molar-refractivity contribution in [2.75, 3.05) is 26.3 Å². The first-order chi connectivity index (χ1) is 8.66. The van der Waals surface area contributed by atoms with Gasteiger partial charge in [0.2, 0.25) is 5.91 Å². The number of ether oxygens (including phenoxy) is 1. The van der Waals surface area contributed by atoms with Crippen LogP contribution in [0.3, 0.4) is 0 Å². The van der Waals surface area contributed by atoms with Gasteiger partial charge in [0.25, 0.3) is 5.09 Å². The van der Waals surface area contributed by atoms with E-state index in [9.17, 15) is 14.9 Å². The number of rotatable bonds is 3. The first kappa shape index (κ1) is 13.1. The summed E-state index contributed by atoms with van der Waals surface area (Å²) in [5, 5.41) is 9.48. The number of carbonyl (C=O) groups is 1. The highest BCUT2D eigenvalue weighted by molar-refractivity contribution is 5.79. The average molecular weight is 258 g/mol. The minimum atomic E-state index is -0.741. The molecule has 2 aliphatic rings. The standard InChI is InChI=1S/C11H18N2O5/c14-11(12-5-7-17-8-6-12)9-1-3-10(4-2-9)18-13(15)16/h9-10H,1-8H2. The van der Waals surface area contributed by atoms with Crippen molar-refractivity contribution >= 4 is 5.91 Å². The van der Waals surface area contributed by atoms with Gasteiger partial charge in [-0.2, -0.15) is 0 Å². The molecule has 0 spiro atoms. The molecule has 0 radical (unpaired) electrons. The lowest BCUT2D eigenvalue weighted by molar-refractivity contribution is -0.769. The average Bonchev–Trinajstić information content (AvgIpc) is 2.39. The van der Waals surface area contributed by atoms with Crippen LogP contribution in [0.15, 0.2) is 0 Å². The number of amides is 1. The summed E-state index contributed by atoms with van der Waals surface area (Å²) in [6.45, 7) is 2.52. The summed E-state index contributed by atoms with van der Waals surface area (Å²) in [6, 6.07) is 0. The minimum Gasteiger partial charge on any atom is -0.378 e. The van der Waals surface area contributed by atoms with Crippen LogP contribution in [0.1, 0.15) is 25.7 Å². The first-order valence-corrected chi connectivity index (χ1v) is 6.34. The molecule has 0 aromatic heterocycles. The minimum absolute atomic E-state index is 0.00490. The Labute approximate surface area is 105 Å². The van der Waals surface area contributed by atoms with Gasteiger partial charge < -0.3 is 14.5 Å². The molecular formula is C11H18N2O5. The van der Waals surface area contributed by atoms with Gasteiger partial charge in [0.05, 0.1) is 13.2 Å². The molecule has 1 saturated carbocycles. The second kappa shape index (κ2) is 5.99. The third kappa shape index (κ3) is 3.32. The maximum absolute atomic E-state index is 12.2. The Morgan fingerprint density at radius 1 is 1.22 bits per heavy atom. The molecule has 2 rings (SSSR count). The second-order valence-electron chi connectivity index (χ2n) is 4.74. The molecule has 0 atom stereocenters. The predicted molar refractivity (Wildman–Crippen MR) is 61.2 cm³/mol. The van der Waals surface area contributed by atoms with Crippen molar-refractivity contribution in [2.24, 2.45) is 5.92 Å². The number of nitrogens with zero attached hydrogens (tertiary/aromatic N) is 2. The summed E-state index contributed by atoms with van der Waals surface area (Å²) < 4.78 is 5.21. The smallest absolute Gasteiger partial charge is 0.294 e. The number of hydrogen-bond donors (Lipinski definition) is 0. The van der Waals surface area contributed by atoms with Crippen LogP contribution in [0, 0.1) is 16.0 Å². The van der Waals surface area contributed by atoms with E-state index in [1.54, 1.807) is 0 Å². The molecule has 102 valence electrons. The molecule has 1 aliphatic carbocycles. The van der Waals surface area contributed by atoms with E-state index in [1.165, 1.54) is 0 Å². The normalized spacial score (nSPS) is 28.8. The summed E-state index contributed by atoms with van der Waals surface area (Å²) in [6.07, 6.45) is 2.18. The van der Waals surface area contributed by atoms with Crippen LogP contribution in [0.4, 0.5) is 0 Å². The molecule has 0 aromatic rings. The van der Waals surface area contributed by atoms with Crippen LogP contribution in [0.5, 0.6) is 0 Å². The van der Waals surface area contributed by atoms with Crippen LogP contribution in [-0.4, -0.2) is 48.3 Å². The van der Waals surface area contributed by atoms with E-state index >= 15 is 0 Å². The highest BCUT2D eigenvalue weighted by atomic mass is 17.0. The van der Waals surface area contributed by atoms with Crippen molar-refractivity contribution in [3.8, 4) is 0 Å². The third-order valence-electron chi connectivity index (χ3n) is 3.58. The third-order valence-corrected chi connectivity index (χ3v) is 3.58. The van der Waals surface area contributed by atoms with Crippen molar-refractivity contribution in [1.82, 2.24) is 4.90 Å². The molecule has 7 nitrogen and oxygen atoms in total. The molecule has 1 heterocycles. The monoisotopic (exact) mass is 258 g/mol. The fraction of sp³-hybridized carbons (Fsp3) is 0.909. The fourth-order valence-electron chi connectivity index (χ4n) is 2.58. The maximum atomic E-state index is 12.2. The van der Waals surface area contributed by atoms with E-state index in [-0.39, 0.29) is 17.9 Å². The van der Waals surface area contributed by atoms with Gasteiger partial charge in [-0.05, 0) is 25.7 Å². The number of carbonyl (C=O) groups excluding carboxylic acids is 1. The van der Waals surface area contributed by atoms with Crippen molar-refractivity contribution < 1.29 is 19.5 Å². The quantitative estimate of drug-likeness (QED) is 0.547. The van der Waals surface area contributed by atoms with Crippen LogP contribution in [0.2, 0.25) is 0 Å². The zero-order valence-electron chi connectivity index (χ0n) is 10.2. The summed E-state index contributed by atoms with van der Waals surface area (Å²) in [4.78, 5) is 28.8. The van der Waals surface area contributed by atoms with Crippen molar-refractivity contribution in [3.63, 3.8) is 0 Å². The summed E-state index contributed by atoms with van der Waals surface area (Å²) in [7, 11) is 0. The van der Waals surface area contributed by atoms with E-state index in [4.69, 9.17) is 4.74 Å². The molecule has 7 heteroatoms. The zero-order valence-corrected chi connectivity index (χ0v) is 10.2. The molecule has 0 N–H and O–H groups in total. The number of hydrogen-bond acceptors (Lipinski definition) is 5. The predicted octanol–water partition coefficient (Wildman–Crippen LogP) is 0.612. The summed E-state index contributed by atoms with van der Waals surface area (Å²) in [5.74, 6) is 0.160. The van der Waals surface area contributed by atoms with Crippen LogP contribution in [-0.2, 0) is 14.4 Å². The Morgan fingerprint density at radius 2 is 1.83 bits per heavy atom. The van der Waals surface area contributed by atoms with Gasteiger partial charge in [0.1, 0.15) is 6.10 Å².